The zero-order chi connectivity index (χ0) is 27.1. The molecule has 1 saturated carbocycles. The van der Waals surface area contributed by atoms with Crippen LogP contribution in [0, 0.1) is 5.92 Å². The fourth-order valence-corrected chi connectivity index (χ4v) is 6.33. The summed E-state index contributed by atoms with van der Waals surface area (Å²) in [6, 6.07) is 3.97. The van der Waals surface area contributed by atoms with Gasteiger partial charge in [-0.15, -0.1) is 0 Å². The minimum Gasteiger partial charge on any atom is -0.491 e. The third-order valence-electron chi connectivity index (χ3n) is 8.38. The average Bonchev–Trinajstić information content (AvgIpc) is 2.85. The molecule has 0 spiro atoms. The molecule has 0 aromatic heterocycles. The molecule has 38 heavy (non-hydrogen) atoms. The topological polar surface area (TPSA) is 125 Å². The van der Waals surface area contributed by atoms with Gasteiger partial charge in [0.05, 0.1) is 39.1 Å². The molecule has 2 bridgehead atoms. The minimum absolute atomic E-state index is 0.128. The minimum atomic E-state index is -1.32. The summed E-state index contributed by atoms with van der Waals surface area (Å²) < 4.78 is 40.8. The lowest BCUT2D eigenvalue weighted by molar-refractivity contribution is -0.294. The van der Waals surface area contributed by atoms with Gasteiger partial charge in [0.1, 0.15) is 53.4 Å². The van der Waals surface area contributed by atoms with Crippen LogP contribution in [0.4, 0.5) is 0 Å². The smallest absolute Gasteiger partial charge is 0.186 e. The van der Waals surface area contributed by atoms with Crippen LogP contribution in [-0.4, -0.2) is 96.9 Å². The highest BCUT2D eigenvalue weighted by atomic mass is 16.7. The van der Waals surface area contributed by atoms with Crippen LogP contribution in [0.15, 0.2) is 12.1 Å². The Morgan fingerprint density at radius 3 is 2.26 bits per heavy atom. The van der Waals surface area contributed by atoms with Crippen LogP contribution in [0.3, 0.4) is 0 Å². The number of fused-ring (bicyclic) bond motifs is 1. The quantitative estimate of drug-likeness (QED) is 0.361. The van der Waals surface area contributed by atoms with Gasteiger partial charge in [0.25, 0.3) is 0 Å². The highest BCUT2D eigenvalue weighted by molar-refractivity contribution is 5.56. The molecule has 1 aliphatic carbocycles. The molecule has 3 heterocycles. The monoisotopic (exact) mass is 538 g/mol. The first kappa shape index (κ1) is 27.9. The molecule has 3 aliphatic heterocycles. The summed E-state index contributed by atoms with van der Waals surface area (Å²) in [4.78, 5) is 0. The molecular weight excluding hydrogens is 496 g/mol. The van der Waals surface area contributed by atoms with Crippen molar-refractivity contribution in [2.24, 2.45) is 5.92 Å². The lowest BCUT2D eigenvalue weighted by Crippen LogP contribution is -2.57. The maximum Gasteiger partial charge on any atom is 0.186 e. The van der Waals surface area contributed by atoms with Crippen molar-refractivity contribution in [1.82, 2.24) is 0 Å². The molecule has 5 rings (SSSR count). The number of hydrogen-bond acceptors (Lipinski definition) is 10. The largest absolute Gasteiger partial charge is 0.491 e. The molecule has 0 amide bonds. The van der Waals surface area contributed by atoms with Gasteiger partial charge in [0.2, 0.25) is 0 Å². The van der Waals surface area contributed by atoms with Gasteiger partial charge in [-0.25, -0.2) is 0 Å². The number of benzene rings is 1. The van der Waals surface area contributed by atoms with E-state index in [0.29, 0.717) is 44.0 Å². The van der Waals surface area contributed by atoms with Crippen molar-refractivity contribution in [2.45, 2.75) is 94.8 Å². The van der Waals surface area contributed by atoms with Gasteiger partial charge in [-0.05, 0) is 47.0 Å². The van der Waals surface area contributed by atoms with E-state index < -0.39 is 30.7 Å². The van der Waals surface area contributed by atoms with E-state index in [4.69, 9.17) is 33.2 Å². The second-order valence-electron chi connectivity index (χ2n) is 11.7. The Kier molecular flexibility index (Phi) is 8.13. The lowest BCUT2D eigenvalue weighted by atomic mass is 9.61. The second-order valence-corrected chi connectivity index (χ2v) is 11.7. The van der Waals surface area contributed by atoms with Crippen LogP contribution in [0.25, 0.3) is 0 Å². The van der Waals surface area contributed by atoms with Crippen molar-refractivity contribution in [2.75, 3.05) is 39.6 Å². The molecule has 10 heteroatoms. The Morgan fingerprint density at radius 2 is 1.53 bits per heavy atom. The molecule has 4 unspecified atom stereocenters. The van der Waals surface area contributed by atoms with E-state index in [-0.39, 0.29) is 24.4 Å². The Hall–Kier alpha value is -1.66. The summed E-state index contributed by atoms with van der Waals surface area (Å²) in [5, 5.41) is 29.5. The molecular formula is C28H42O10. The van der Waals surface area contributed by atoms with Gasteiger partial charge < -0.3 is 48.5 Å². The summed E-state index contributed by atoms with van der Waals surface area (Å²) in [5.41, 5.74) is 0.854. The lowest BCUT2D eigenvalue weighted by Gasteiger charge is -2.55. The number of hydrogen-bond donors (Lipinski definition) is 3. The van der Waals surface area contributed by atoms with Crippen LogP contribution in [0.5, 0.6) is 17.2 Å². The first-order valence-corrected chi connectivity index (χ1v) is 13.7. The standard InChI is InChI=1S/C28H42O10/c1-16-23(29)24(30)25(31)26(36-16)35-12-10-33-8-7-32-9-11-34-17-13-20-22-18-15-28(4,38-21(22)14-17)6-5-19(18)27(2,3)37-20/h13-14,16,18-19,23-26,29-31H,5-12,15H2,1-4H3/t16-,18?,19?,23+,24+,25-,26?,28?/m0/s1. The zero-order valence-corrected chi connectivity index (χ0v) is 22.8. The maximum atomic E-state index is 9.95. The second kappa shape index (κ2) is 11.1. The van der Waals surface area contributed by atoms with Crippen LogP contribution in [0.1, 0.15) is 58.4 Å². The Labute approximate surface area is 224 Å². The molecule has 0 radical (unpaired) electrons. The van der Waals surface area contributed by atoms with Crippen molar-refractivity contribution in [3.63, 3.8) is 0 Å². The van der Waals surface area contributed by atoms with E-state index in [0.717, 1.165) is 30.8 Å². The summed E-state index contributed by atoms with van der Waals surface area (Å²) in [7, 11) is 0. The number of rotatable bonds is 11. The van der Waals surface area contributed by atoms with E-state index in [9.17, 15) is 15.3 Å². The third-order valence-corrected chi connectivity index (χ3v) is 8.38. The summed E-state index contributed by atoms with van der Waals surface area (Å²) in [5.74, 6) is 3.43. The first-order chi connectivity index (χ1) is 18.1. The van der Waals surface area contributed by atoms with Crippen LogP contribution in [0.2, 0.25) is 0 Å². The molecule has 8 atom stereocenters. The number of aliphatic hydroxyl groups is 3. The average molecular weight is 539 g/mol. The number of aliphatic hydroxyl groups excluding tert-OH is 3. The summed E-state index contributed by atoms with van der Waals surface area (Å²) in [6.07, 6.45) is -2.24. The fourth-order valence-electron chi connectivity index (χ4n) is 6.33. The van der Waals surface area contributed by atoms with Gasteiger partial charge in [0, 0.05) is 29.5 Å². The van der Waals surface area contributed by atoms with E-state index >= 15 is 0 Å². The maximum absolute atomic E-state index is 9.95. The van der Waals surface area contributed by atoms with Crippen LogP contribution in [-0.2, 0) is 18.9 Å². The highest BCUT2D eigenvalue weighted by Crippen LogP contribution is 2.60. The molecule has 4 aliphatic rings. The normalized spacial score (nSPS) is 36.8. The van der Waals surface area contributed by atoms with E-state index in [2.05, 4.69) is 20.8 Å². The molecule has 1 saturated heterocycles. The van der Waals surface area contributed by atoms with Crippen molar-refractivity contribution < 1.29 is 48.5 Å². The summed E-state index contributed by atoms with van der Waals surface area (Å²) in [6.45, 7) is 10.2. The summed E-state index contributed by atoms with van der Waals surface area (Å²) >= 11 is 0. The van der Waals surface area contributed by atoms with Gasteiger partial charge in [-0.3, -0.25) is 0 Å². The van der Waals surface area contributed by atoms with Gasteiger partial charge in [-0.1, -0.05) is 0 Å². The molecule has 3 N–H and O–H groups in total. The predicted octanol–water partition coefficient (Wildman–Crippen LogP) is 2.15. The van der Waals surface area contributed by atoms with E-state index in [1.807, 2.05) is 12.1 Å². The number of ether oxygens (including phenoxy) is 7. The Balaban J connectivity index is 1.01. The fraction of sp³-hybridized carbons (Fsp3) is 0.786. The first-order valence-electron chi connectivity index (χ1n) is 13.7. The zero-order valence-electron chi connectivity index (χ0n) is 22.8. The van der Waals surface area contributed by atoms with Gasteiger partial charge >= 0.3 is 0 Å². The molecule has 1 aromatic carbocycles. The van der Waals surface area contributed by atoms with Crippen LogP contribution < -0.4 is 14.2 Å². The van der Waals surface area contributed by atoms with Gasteiger partial charge in [0.15, 0.2) is 6.29 Å². The van der Waals surface area contributed by atoms with Crippen molar-refractivity contribution in [1.29, 1.82) is 0 Å². The molecule has 214 valence electrons. The molecule has 1 aromatic rings. The van der Waals surface area contributed by atoms with Gasteiger partial charge in [-0.2, -0.15) is 0 Å². The van der Waals surface area contributed by atoms with Crippen molar-refractivity contribution in [3.05, 3.63) is 17.7 Å². The van der Waals surface area contributed by atoms with E-state index in [1.165, 1.54) is 5.56 Å². The van der Waals surface area contributed by atoms with Crippen molar-refractivity contribution in [3.8, 4) is 17.2 Å². The third kappa shape index (κ3) is 5.63. The Morgan fingerprint density at radius 1 is 0.868 bits per heavy atom. The van der Waals surface area contributed by atoms with E-state index in [1.54, 1.807) is 6.92 Å². The van der Waals surface area contributed by atoms with Crippen molar-refractivity contribution >= 4 is 0 Å². The van der Waals surface area contributed by atoms with Crippen LogP contribution >= 0.6 is 0 Å². The molecule has 2 fully saturated rings. The highest BCUT2D eigenvalue weighted by Gasteiger charge is 2.54. The Bertz CT molecular complexity index is 952. The predicted molar refractivity (Wildman–Crippen MR) is 136 cm³/mol. The SMILES string of the molecule is C[C@@H]1OC(OCCOCCOCCOc2cc3c4c(c2)OC(C)(C)C2CCC(C)(CC42)O3)[C@@H](O)[C@H](O)[C@@H]1O. The molecule has 10 nitrogen and oxygen atoms in total.